The van der Waals surface area contributed by atoms with Crippen molar-refractivity contribution >= 4 is 0 Å². The molecule has 0 aromatic heterocycles. The maximum atomic E-state index is 9.86. The van der Waals surface area contributed by atoms with E-state index in [1.54, 1.807) is 0 Å². The highest BCUT2D eigenvalue weighted by Crippen LogP contribution is 2.43. The molecule has 0 aromatic rings. The van der Waals surface area contributed by atoms with Gasteiger partial charge in [0.2, 0.25) is 0 Å². The zero-order valence-electron chi connectivity index (χ0n) is 11.7. The number of hydrogen-bond donors (Lipinski definition) is 1. The molecule has 1 aliphatic heterocycles. The van der Waals surface area contributed by atoms with Crippen molar-refractivity contribution in [3.05, 3.63) is 0 Å². The van der Waals surface area contributed by atoms with Gasteiger partial charge in [-0.2, -0.15) is 0 Å². The van der Waals surface area contributed by atoms with Gasteiger partial charge in [0, 0.05) is 13.0 Å². The van der Waals surface area contributed by atoms with Crippen LogP contribution in [0.1, 0.15) is 65.7 Å². The first-order valence-electron chi connectivity index (χ1n) is 7.23. The van der Waals surface area contributed by atoms with Crippen molar-refractivity contribution in [2.75, 3.05) is 6.61 Å². The molecule has 0 aromatic carbocycles. The molecule has 0 amide bonds. The van der Waals surface area contributed by atoms with E-state index in [9.17, 15) is 5.11 Å². The second kappa shape index (κ2) is 4.89. The fraction of sp³-hybridized carbons (Fsp3) is 1.00. The first kappa shape index (κ1) is 13.4. The van der Waals surface area contributed by atoms with Crippen LogP contribution in [0.2, 0.25) is 0 Å². The van der Waals surface area contributed by atoms with Crippen LogP contribution in [-0.4, -0.2) is 23.4 Å². The van der Waals surface area contributed by atoms with E-state index in [0.29, 0.717) is 5.41 Å². The van der Waals surface area contributed by atoms with Crippen LogP contribution in [0, 0.1) is 11.3 Å². The van der Waals surface area contributed by atoms with Gasteiger partial charge in [0.25, 0.3) is 0 Å². The Labute approximate surface area is 106 Å². The van der Waals surface area contributed by atoms with Crippen molar-refractivity contribution in [3.63, 3.8) is 0 Å². The highest BCUT2D eigenvalue weighted by atomic mass is 16.5. The molecule has 1 saturated carbocycles. The van der Waals surface area contributed by atoms with Gasteiger partial charge in [-0.1, -0.05) is 27.2 Å². The van der Waals surface area contributed by atoms with E-state index >= 15 is 0 Å². The first-order valence-corrected chi connectivity index (χ1v) is 7.23. The fourth-order valence-corrected chi connectivity index (χ4v) is 3.59. The summed E-state index contributed by atoms with van der Waals surface area (Å²) in [5.74, 6) is 0.810. The third-order valence-electron chi connectivity index (χ3n) is 4.83. The Morgan fingerprint density at radius 1 is 1.12 bits per heavy atom. The Balaban J connectivity index is 1.99. The molecular weight excluding hydrogens is 212 g/mol. The molecule has 1 heterocycles. The van der Waals surface area contributed by atoms with E-state index in [0.717, 1.165) is 38.2 Å². The predicted molar refractivity (Wildman–Crippen MR) is 70.0 cm³/mol. The van der Waals surface area contributed by atoms with E-state index in [4.69, 9.17) is 4.74 Å². The maximum Gasteiger partial charge on any atom is 0.0707 e. The van der Waals surface area contributed by atoms with Crippen LogP contribution in [0.4, 0.5) is 0 Å². The van der Waals surface area contributed by atoms with Crippen molar-refractivity contribution in [2.45, 2.75) is 77.4 Å². The van der Waals surface area contributed by atoms with E-state index in [2.05, 4.69) is 20.8 Å². The largest absolute Gasteiger partial charge is 0.393 e. The fourth-order valence-electron chi connectivity index (χ4n) is 3.59. The molecule has 2 nitrogen and oxygen atoms in total. The molecule has 2 heteroatoms. The van der Waals surface area contributed by atoms with Crippen LogP contribution < -0.4 is 0 Å². The van der Waals surface area contributed by atoms with E-state index in [1.165, 1.54) is 19.3 Å². The van der Waals surface area contributed by atoms with Gasteiger partial charge in [-0.05, 0) is 43.4 Å². The second-order valence-electron chi connectivity index (χ2n) is 7.17. The Hall–Kier alpha value is -0.0800. The third-order valence-corrected chi connectivity index (χ3v) is 4.83. The summed E-state index contributed by atoms with van der Waals surface area (Å²) in [7, 11) is 0. The van der Waals surface area contributed by atoms with Crippen LogP contribution in [-0.2, 0) is 4.74 Å². The summed E-state index contributed by atoms with van der Waals surface area (Å²) in [5, 5.41) is 9.86. The Kier molecular flexibility index (Phi) is 3.84. The first-order chi connectivity index (χ1) is 7.91. The molecule has 2 fully saturated rings. The molecule has 3 unspecified atom stereocenters. The molecule has 1 N–H and O–H groups in total. The summed E-state index contributed by atoms with van der Waals surface area (Å²) >= 11 is 0. The van der Waals surface area contributed by atoms with E-state index < -0.39 is 0 Å². The van der Waals surface area contributed by atoms with Gasteiger partial charge >= 0.3 is 0 Å². The lowest BCUT2D eigenvalue weighted by molar-refractivity contribution is -0.126. The molecule has 2 aliphatic rings. The molecule has 0 radical (unpaired) electrons. The minimum absolute atomic E-state index is 0.0116. The summed E-state index contributed by atoms with van der Waals surface area (Å²) in [4.78, 5) is 0. The van der Waals surface area contributed by atoms with Gasteiger partial charge in [0.15, 0.2) is 0 Å². The quantitative estimate of drug-likeness (QED) is 0.702. The van der Waals surface area contributed by atoms with Crippen LogP contribution in [0.25, 0.3) is 0 Å². The second-order valence-corrected chi connectivity index (χ2v) is 7.17. The summed E-state index contributed by atoms with van der Waals surface area (Å²) in [6.07, 6.45) is 7.70. The molecular formula is C15H28O2. The van der Waals surface area contributed by atoms with Gasteiger partial charge in [-0.15, -0.1) is 0 Å². The molecule has 0 bridgehead atoms. The Morgan fingerprint density at radius 3 is 2.53 bits per heavy atom. The van der Waals surface area contributed by atoms with E-state index in [1.807, 2.05) is 0 Å². The summed E-state index contributed by atoms with van der Waals surface area (Å²) in [6, 6.07) is 0. The van der Waals surface area contributed by atoms with Crippen molar-refractivity contribution < 1.29 is 9.84 Å². The number of rotatable bonds is 0. The van der Waals surface area contributed by atoms with Crippen molar-refractivity contribution in [2.24, 2.45) is 11.3 Å². The smallest absolute Gasteiger partial charge is 0.0707 e. The molecule has 3 atom stereocenters. The van der Waals surface area contributed by atoms with Gasteiger partial charge < -0.3 is 9.84 Å². The monoisotopic (exact) mass is 240 g/mol. The van der Waals surface area contributed by atoms with Gasteiger partial charge in [0.1, 0.15) is 0 Å². The summed E-state index contributed by atoms with van der Waals surface area (Å²) < 4.78 is 6.06. The topological polar surface area (TPSA) is 29.5 Å². The maximum absolute atomic E-state index is 9.86. The molecule has 17 heavy (non-hydrogen) atoms. The van der Waals surface area contributed by atoms with E-state index in [-0.39, 0.29) is 11.7 Å². The standard InChI is InChI=1S/C15H28O2/c1-14(2,3)12-5-4-8-15(9-6-12)11-13(16)7-10-17-15/h12-13,16H,4-11H2,1-3H3. The average molecular weight is 240 g/mol. The van der Waals surface area contributed by atoms with Crippen molar-refractivity contribution in [1.29, 1.82) is 0 Å². The van der Waals surface area contributed by atoms with Crippen molar-refractivity contribution in [3.8, 4) is 0 Å². The average Bonchev–Trinajstić information content (AvgIpc) is 2.40. The Morgan fingerprint density at radius 2 is 1.88 bits per heavy atom. The third kappa shape index (κ3) is 3.23. The normalized spacial score (nSPS) is 40.2. The zero-order chi connectivity index (χ0) is 12.5. The SMILES string of the molecule is CC(C)(C)C1CCCC2(CC1)CC(O)CCO2. The van der Waals surface area contributed by atoms with Crippen LogP contribution in [0.15, 0.2) is 0 Å². The number of aliphatic hydroxyl groups is 1. The number of aliphatic hydroxyl groups excluding tert-OH is 1. The lowest BCUT2D eigenvalue weighted by Crippen LogP contribution is -2.41. The lowest BCUT2D eigenvalue weighted by Gasteiger charge is -2.39. The molecule has 1 spiro atoms. The molecule has 100 valence electrons. The van der Waals surface area contributed by atoms with Gasteiger partial charge in [0.05, 0.1) is 11.7 Å². The van der Waals surface area contributed by atoms with Gasteiger partial charge in [-0.25, -0.2) is 0 Å². The minimum atomic E-state index is -0.130. The molecule has 1 saturated heterocycles. The zero-order valence-corrected chi connectivity index (χ0v) is 11.7. The summed E-state index contributed by atoms with van der Waals surface area (Å²) in [6.45, 7) is 7.81. The van der Waals surface area contributed by atoms with Crippen LogP contribution >= 0.6 is 0 Å². The minimum Gasteiger partial charge on any atom is -0.393 e. The Bertz CT molecular complexity index is 256. The summed E-state index contributed by atoms with van der Waals surface area (Å²) in [5.41, 5.74) is 0.427. The lowest BCUT2D eigenvalue weighted by atomic mass is 9.76. The molecule has 1 aliphatic carbocycles. The highest BCUT2D eigenvalue weighted by Gasteiger charge is 2.40. The number of ether oxygens (including phenoxy) is 1. The van der Waals surface area contributed by atoms with Crippen LogP contribution in [0.3, 0.4) is 0 Å². The highest BCUT2D eigenvalue weighted by molar-refractivity contribution is 4.91. The van der Waals surface area contributed by atoms with Crippen molar-refractivity contribution in [1.82, 2.24) is 0 Å². The molecule has 2 rings (SSSR count). The number of hydrogen-bond acceptors (Lipinski definition) is 2. The van der Waals surface area contributed by atoms with Crippen LogP contribution in [0.5, 0.6) is 0 Å². The predicted octanol–water partition coefficient (Wildman–Crippen LogP) is 3.52. The van der Waals surface area contributed by atoms with Gasteiger partial charge in [-0.3, -0.25) is 0 Å².